The molecule has 2 atom stereocenters. The first-order chi connectivity index (χ1) is 11.9. The molecule has 2 aliphatic heterocycles. The van der Waals surface area contributed by atoms with Gasteiger partial charge in [-0.1, -0.05) is 0 Å². The van der Waals surface area contributed by atoms with Crippen molar-refractivity contribution in [3.05, 3.63) is 62.7 Å². The van der Waals surface area contributed by atoms with E-state index in [0.29, 0.717) is 34.6 Å². The van der Waals surface area contributed by atoms with Crippen molar-refractivity contribution in [3.63, 3.8) is 0 Å². The molecule has 0 saturated heterocycles. The second-order valence-electron chi connectivity index (χ2n) is 6.40. The second kappa shape index (κ2) is 5.44. The van der Waals surface area contributed by atoms with E-state index in [1.807, 2.05) is 13.0 Å². The lowest BCUT2D eigenvalue weighted by Gasteiger charge is -2.38. The molecule has 7 nitrogen and oxygen atoms in total. The van der Waals surface area contributed by atoms with E-state index in [9.17, 15) is 15.2 Å². The average molecular weight is 343 g/mol. The molecule has 1 unspecified atom stereocenters. The van der Waals surface area contributed by atoms with Gasteiger partial charge < -0.3 is 19.3 Å². The molecule has 0 aliphatic carbocycles. The molecule has 2 aromatic carbocycles. The van der Waals surface area contributed by atoms with Crippen LogP contribution < -0.4 is 9.47 Å². The fraction of sp³-hybridized carbons (Fsp3) is 0.333. The number of aliphatic hydroxyl groups is 1. The van der Waals surface area contributed by atoms with Crippen LogP contribution in [0.5, 0.6) is 11.5 Å². The minimum atomic E-state index is -1.70. The highest BCUT2D eigenvalue weighted by molar-refractivity contribution is 5.54. The van der Waals surface area contributed by atoms with E-state index in [-0.39, 0.29) is 18.6 Å². The molecular formula is C18H17NO6. The number of nitro groups is 1. The molecule has 2 aliphatic rings. The fourth-order valence-electron chi connectivity index (χ4n) is 3.47. The van der Waals surface area contributed by atoms with Gasteiger partial charge in [0.2, 0.25) is 12.6 Å². The first-order valence-electron chi connectivity index (χ1n) is 7.97. The Morgan fingerprint density at radius 1 is 1.24 bits per heavy atom. The zero-order valence-corrected chi connectivity index (χ0v) is 13.8. The van der Waals surface area contributed by atoms with Crippen LogP contribution in [-0.2, 0) is 16.9 Å². The third-order valence-corrected chi connectivity index (χ3v) is 4.63. The number of hydrogen-bond acceptors (Lipinski definition) is 6. The van der Waals surface area contributed by atoms with Crippen LogP contribution in [0.25, 0.3) is 0 Å². The monoisotopic (exact) mass is 343 g/mol. The van der Waals surface area contributed by atoms with E-state index in [1.54, 1.807) is 19.1 Å². The lowest BCUT2D eigenvalue weighted by molar-refractivity contribution is -0.385. The van der Waals surface area contributed by atoms with Crippen molar-refractivity contribution in [1.82, 2.24) is 0 Å². The maximum Gasteiger partial charge on any atom is 0.272 e. The van der Waals surface area contributed by atoms with Crippen molar-refractivity contribution in [3.8, 4) is 11.5 Å². The summed E-state index contributed by atoms with van der Waals surface area (Å²) in [6, 6.07) is 8.08. The van der Waals surface area contributed by atoms with Crippen LogP contribution in [0.4, 0.5) is 5.69 Å². The third-order valence-electron chi connectivity index (χ3n) is 4.63. The first-order valence-corrected chi connectivity index (χ1v) is 7.97. The standard InChI is InChI=1S/C18H17NO6/c1-10-5-13(3-4-15(10)19(21)22)18(20)14-8-17-16(23-9-24-17)7-12(14)6-11(2)25-18/h3-5,7-8,11,20H,6,9H2,1-2H3/t11-,18?/m1/s1. The summed E-state index contributed by atoms with van der Waals surface area (Å²) >= 11 is 0. The highest BCUT2D eigenvalue weighted by Gasteiger charge is 2.42. The van der Waals surface area contributed by atoms with Crippen LogP contribution in [0.2, 0.25) is 0 Å². The highest BCUT2D eigenvalue weighted by Crippen LogP contribution is 2.45. The topological polar surface area (TPSA) is 91.1 Å². The van der Waals surface area contributed by atoms with Gasteiger partial charge in [0.25, 0.3) is 5.69 Å². The maximum absolute atomic E-state index is 11.4. The fourth-order valence-corrected chi connectivity index (χ4v) is 3.47. The molecule has 0 spiro atoms. The zero-order chi connectivity index (χ0) is 17.8. The van der Waals surface area contributed by atoms with E-state index < -0.39 is 10.7 Å². The molecule has 7 heteroatoms. The molecule has 0 saturated carbocycles. The van der Waals surface area contributed by atoms with Gasteiger partial charge in [-0.15, -0.1) is 0 Å². The number of benzene rings is 2. The van der Waals surface area contributed by atoms with E-state index in [2.05, 4.69) is 0 Å². The van der Waals surface area contributed by atoms with Crippen molar-refractivity contribution in [2.24, 2.45) is 0 Å². The van der Waals surface area contributed by atoms with Crippen molar-refractivity contribution in [2.45, 2.75) is 32.2 Å². The number of nitrogens with zero attached hydrogens (tertiary/aromatic N) is 1. The molecule has 1 N–H and O–H groups in total. The van der Waals surface area contributed by atoms with E-state index in [0.717, 1.165) is 5.56 Å². The summed E-state index contributed by atoms with van der Waals surface area (Å²) in [5.74, 6) is -0.502. The first kappa shape index (κ1) is 15.9. The highest BCUT2D eigenvalue weighted by atomic mass is 16.7. The Morgan fingerprint density at radius 3 is 2.64 bits per heavy atom. The van der Waals surface area contributed by atoms with Crippen LogP contribution in [0.3, 0.4) is 0 Å². The van der Waals surface area contributed by atoms with Gasteiger partial charge in [-0.3, -0.25) is 10.1 Å². The van der Waals surface area contributed by atoms with E-state index >= 15 is 0 Å². The molecule has 0 radical (unpaired) electrons. The zero-order valence-electron chi connectivity index (χ0n) is 13.8. The summed E-state index contributed by atoms with van der Waals surface area (Å²) in [5.41, 5.74) is 2.38. The Morgan fingerprint density at radius 2 is 1.96 bits per heavy atom. The molecule has 130 valence electrons. The summed E-state index contributed by atoms with van der Waals surface area (Å²) in [4.78, 5) is 10.6. The summed E-state index contributed by atoms with van der Waals surface area (Å²) in [7, 11) is 0. The number of aryl methyl sites for hydroxylation is 1. The molecule has 4 rings (SSSR count). The Hall–Kier alpha value is -2.64. The summed E-state index contributed by atoms with van der Waals surface area (Å²) < 4.78 is 16.7. The average Bonchev–Trinajstić information content (AvgIpc) is 3.00. The summed E-state index contributed by atoms with van der Waals surface area (Å²) in [6.45, 7) is 3.65. The van der Waals surface area contributed by atoms with Crippen molar-refractivity contribution in [2.75, 3.05) is 6.79 Å². The Balaban J connectivity index is 1.87. The Bertz CT molecular complexity index is 880. The van der Waals surface area contributed by atoms with E-state index in [1.165, 1.54) is 12.1 Å². The quantitative estimate of drug-likeness (QED) is 0.666. The number of rotatable bonds is 2. The normalized spacial score (nSPS) is 24.0. The minimum Gasteiger partial charge on any atom is -0.454 e. The van der Waals surface area contributed by atoms with Gasteiger partial charge in [0, 0.05) is 22.8 Å². The van der Waals surface area contributed by atoms with Crippen molar-refractivity contribution < 1.29 is 24.2 Å². The van der Waals surface area contributed by atoms with Gasteiger partial charge in [-0.2, -0.15) is 0 Å². The predicted molar refractivity (Wildman–Crippen MR) is 87.6 cm³/mol. The van der Waals surface area contributed by atoms with Gasteiger partial charge in [0.15, 0.2) is 11.5 Å². The lowest BCUT2D eigenvalue weighted by Crippen LogP contribution is -2.40. The predicted octanol–water partition coefficient (Wildman–Crippen LogP) is 2.79. The van der Waals surface area contributed by atoms with Gasteiger partial charge in [0.1, 0.15) is 0 Å². The van der Waals surface area contributed by atoms with Crippen LogP contribution in [0.15, 0.2) is 30.3 Å². The van der Waals surface area contributed by atoms with Crippen molar-refractivity contribution >= 4 is 5.69 Å². The second-order valence-corrected chi connectivity index (χ2v) is 6.40. The third kappa shape index (κ3) is 2.43. The van der Waals surface area contributed by atoms with Crippen LogP contribution >= 0.6 is 0 Å². The van der Waals surface area contributed by atoms with Crippen LogP contribution in [0, 0.1) is 17.0 Å². The molecule has 0 bridgehead atoms. The lowest BCUT2D eigenvalue weighted by atomic mass is 9.87. The van der Waals surface area contributed by atoms with Crippen LogP contribution in [0.1, 0.15) is 29.2 Å². The SMILES string of the molecule is Cc1cc(C2(O)O[C@H](C)Cc3cc4c(cc32)OCO4)ccc1[N+](=O)[O-]. The van der Waals surface area contributed by atoms with Crippen molar-refractivity contribution in [1.29, 1.82) is 0 Å². The molecule has 2 heterocycles. The number of ether oxygens (including phenoxy) is 3. The molecular weight excluding hydrogens is 326 g/mol. The number of hydrogen-bond donors (Lipinski definition) is 1. The van der Waals surface area contributed by atoms with Gasteiger partial charge in [-0.25, -0.2) is 0 Å². The smallest absolute Gasteiger partial charge is 0.272 e. The van der Waals surface area contributed by atoms with Gasteiger partial charge in [-0.05, 0) is 50.1 Å². The molecule has 0 fully saturated rings. The Labute approximate surface area is 143 Å². The molecule has 25 heavy (non-hydrogen) atoms. The van der Waals surface area contributed by atoms with Gasteiger partial charge >= 0.3 is 0 Å². The summed E-state index contributed by atoms with van der Waals surface area (Å²) in [6.07, 6.45) is 0.397. The number of fused-ring (bicyclic) bond motifs is 2. The molecule has 0 aromatic heterocycles. The maximum atomic E-state index is 11.4. The summed E-state index contributed by atoms with van der Waals surface area (Å²) in [5, 5.41) is 22.4. The molecule has 2 aromatic rings. The van der Waals surface area contributed by atoms with E-state index in [4.69, 9.17) is 14.2 Å². The number of nitro benzene ring substituents is 1. The largest absolute Gasteiger partial charge is 0.454 e. The Kier molecular flexibility index (Phi) is 3.45. The van der Waals surface area contributed by atoms with Gasteiger partial charge in [0.05, 0.1) is 11.0 Å². The van der Waals surface area contributed by atoms with Crippen LogP contribution in [-0.4, -0.2) is 22.9 Å². The minimum absolute atomic E-state index is 0.00196. The molecule has 0 amide bonds.